The van der Waals surface area contributed by atoms with Crippen LogP contribution in [0.2, 0.25) is 5.02 Å². The standard InChI is InChI=1S/C13H17ClN4O2S/c1-9-7-17(2-3-21(9,19)20)13-10(5-15)4-11(14)12-6-16-8-18(12)13/h4,6,8-9H,2-3,5,7,15H2,1H3. The van der Waals surface area contributed by atoms with Gasteiger partial charge in [0.2, 0.25) is 0 Å². The molecule has 0 aliphatic carbocycles. The third-order valence-electron chi connectivity index (χ3n) is 3.96. The van der Waals surface area contributed by atoms with E-state index >= 15 is 0 Å². The molecule has 0 bridgehead atoms. The molecule has 8 heteroatoms. The van der Waals surface area contributed by atoms with Crippen LogP contribution in [0.1, 0.15) is 12.5 Å². The number of sulfone groups is 1. The number of aromatic nitrogens is 2. The number of imidazole rings is 1. The van der Waals surface area contributed by atoms with Gasteiger partial charge < -0.3 is 10.6 Å². The van der Waals surface area contributed by atoms with Crippen LogP contribution < -0.4 is 10.6 Å². The fraction of sp³-hybridized carbons (Fsp3) is 0.462. The summed E-state index contributed by atoms with van der Waals surface area (Å²) in [5.41, 5.74) is 7.52. The number of hydrogen-bond acceptors (Lipinski definition) is 5. The highest BCUT2D eigenvalue weighted by molar-refractivity contribution is 7.92. The molecule has 2 N–H and O–H groups in total. The van der Waals surface area contributed by atoms with E-state index in [1.54, 1.807) is 19.4 Å². The maximum Gasteiger partial charge on any atom is 0.156 e. The van der Waals surface area contributed by atoms with Gasteiger partial charge in [-0.25, -0.2) is 13.4 Å². The molecule has 6 nitrogen and oxygen atoms in total. The Morgan fingerprint density at radius 1 is 1.52 bits per heavy atom. The van der Waals surface area contributed by atoms with Crippen molar-refractivity contribution >= 4 is 32.8 Å². The van der Waals surface area contributed by atoms with Crippen molar-refractivity contribution in [1.82, 2.24) is 9.38 Å². The Labute approximate surface area is 128 Å². The van der Waals surface area contributed by atoms with Gasteiger partial charge in [-0.3, -0.25) is 4.40 Å². The highest BCUT2D eigenvalue weighted by atomic mass is 35.5. The summed E-state index contributed by atoms with van der Waals surface area (Å²) in [7, 11) is -2.99. The first-order valence-electron chi connectivity index (χ1n) is 6.74. The molecule has 1 fully saturated rings. The summed E-state index contributed by atoms with van der Waals surface area (Å²) in [6.07, 6.45) is 3.37. The molecule has 0 spiro atoms. The van der Waals surface area contributed by atoms with E-state index < -0.39 is 15.1 Å². The molecule has 1 aliphatic rings. The quantitative estimate of drug-likeness (QED) is 0.892. The number of halogens is 1. The lowest BCUT2D eigenvalue weighted by atomic mass is 10.2. The first-order chi connectivity index (χ1) is 9.94. The lowest BCUT2D eigenvalue weighted by Crippen LogP contribution is -2.46. The molecule has 21 heavy (non-hydrogen) atoms. The topological polar surface area (TPSA) is 80.7 Å². The molecule has 0 amide bonds. The summed E-state index contributed by atoms with van der Waals surface area (Å²) in [5.74, 6) is 1.04. The van der Waals surface area contributed by atoms with Gasteiger partial charge in [-0.2, -0.15) is 0 Å². The summed E-state index contributed by atoms with van der Waals surface area (Å²) in [4.78, 5) is 6.19. The average molecular weight is 329 g/mol. The molecule has 1 saturated heterocycles. The summed E-state index contributed by atoms with van der Waals surface area (Å²) in [6.45, 7) is 2.98. The molecular weight excluding hydrogens is 312 g/mol. The van der Waals surface area contributed by atoms with E-state index in [9.17, 15) is 8.42 Å². The molecule has 3 heterocycles. The monoisotopic (exact) mass is 328 g/mol. The van der Waals surface area contributed by atoms with E-state index in [2.05, 4.69) is 9.88 Å². The van der Waals surface area contributed by atoms with Crippen LogP contribution in [0, 0.1) is 0 Å². The first-order valence-corrected chi connectivity index (χ1v) is 8.83. The van der Waals surface area contributed by atoms with Crippen molar-refractivity contribution in [2.24, 2.45) is 5.73 Å². The largest absolute Gasteiger partial charge is 0.355 e. The fourth-order valence-corrected chi connectivity index (χ4v) is 4.29. The van der Waals surface area contributed by atoms with E-state index in [0.29, 0.717) is 24.7 Å². The minimum atomic E-state index is -2.99. The normalized spacial score (nSPS) is 21.9. The Kier molecular flexibility index (Phi) is 3.59. The molecule has 0 radical (unpaired) electrons. The second kappa shape index (κ2) is 5.15. The van der Waals surface area contributed by atoms with Gasteiger partial charge in [0.15, 0.2) is 9.84 Å². The molecule has 1 atom stereocenters. The van der Waals surface area contributed by atoms with Crippen molar-refractivity contribution in [3.8, 4) is 0 Å². The Balaban J connectivity index is 2.12. The minimum Gasteiger partial charge on any atom is -0.355 e. The Bertz CT molecular complexity index is 787. The maximum absolute atomic E-state index is 11.9. The van der Waals surface area contributed by atoms with Crippen molar-refractivity contribution in [2.75, 3.05) is 23.7 Å². The molecule has 114 valence electrons. The van der Waals surface area contributed by atoms with Crippen molar-refractivity contribution in [1.29, 1.82) is 0 Å². The van der Waals surface area contributed by atoms with Crippen LogP contribution in [0.5, 0.6) is 0 Å². The van der Waals surface area contributed by atoms with Gasteiger partial charge in [-0.1, -0.05) is 11.6 Å². The molecule has 2 aromatic heterocycles. The van der Waals surface area contributed by atoms with Crippen molar-refractivity contribution in [3.63, 3.8) is 0 Å². The molecular formula is C13H17ClN4O2S. The van der Waals surface area contributed by atoms with Gasteiger partial charge >= 0.3 is 0 Å². The Morgan fingerprint density at radius 3 is 2.95 bits per heavy atom. The molecule has 2 aromatic rings. The number of rotatable bonds is 2. The minimum absolute atomic E-state index is 0.150. The summed E-state index contributed by atoms with van der Waals surface area (Å²) in [5, 5.41) is 0.195. The van der Waals surface area contributed by atoms with Crippen LogP contribution >= 0.6 is 11.6 Å². The smallest absolute Gasteiger partial charge is 0.156 e. The predicted molar refractivity (Wildman–Crippen MR) is 83.6 cm³/mol. The zero-order valence-electron chi connectivity index (χ0n) is 11.7. The van der Waals surface area contributed by atoms with Crippen LogP contribution in [0.15, 0.2) is 18.6 Å². The zero-order valence-corrected chi connectivity index (χ0v) is 13.2. The fourth-order valence-electron chi connectivity index (χ4n) is 2.74. The van der Waals surface area contributed by atoms with Gasteiger partial charge in [0, 0.05) is 25.2 Å². The molecule has 0 aromatic carbocycles. The lowest BCUT2D eigenvalue weighted by molar-refractivity contribution is 0.568. The van der Waals surface area contributed by atoms with Crippen LogP contribution in [-0.4, -0.2) is 41.9 Å². The number of nitrogens with zero attached hydrogens (tertiary/aromatic N) is 3. The van der Waals surface area contributed by atoms with Gasteiger partial charge in [-0.05, 0) is 13.0 Å². The Morgan fingerprint density at radius 2 is 2.29 bits per heavy atom. The van der Waals surface area contributed by atoms with Crippen LogP contribution in [0.3, 0.4) is 0 Å². The number of pyridine rings is 1. The molecule has 3 rings (SSSR count). The van der Waals surface area contributed by atoms with Gasteiger partial charge in [0.1, 0.15) is 12.1 Å². The second-order valence-corrected chi connectivity index (χ2v) is 8.26. The maximum atomic E-state index is 11.9. The van der Waals surface area contributed by atoms with E-state index in [-0.39, 0.29) is 5.75 Å². The van der Waals surface area contributed by atoms with Crippen molar-refractivity contribution in [2.45, 2.75) is 18.7 Å². The van der Waals surface area contributed by atoms with Crippen LogP contribution in [0.4, 0.5) is 5.82 Å². The first kappa shape index (κ1) is 14.6. The third-order valence-corrected chi connectivity index (χ3v) is 6.38. The van der Waals surface area contributed by atoms with Crippen LogP contribution in [-0.2, 0) is 16.4 Å². The van der Waals surface area contributed by atoms with Crippen LogP contribution in [0.25, 0.3) is 5.52 Å². The molecule has 1 unspecified atom stereocenters. The second-order valence-electron chi connectivity index (χ2n) is 5.32. The highest BCUT2D eigenvalue weighted by Gasteiger charge is 2.31. The zero-order chi connectivity index (χ0) is 15.2. The molecule has 0 saturated carbocycles. The van der Waals surface area contributed by atoms with Crippen molar-refractivity contribution in [3.05, 3.63) is 29.2 Å². The Hall–Kier alpha value is -1.31. The summed E-state index contributed by atoms with van der Waals surface area (Å²) < 4.78 is 25.7. The van der Waals surface area contributed by atoms with E-state index in [0.717, 1.165) is 16.9 Å². The lowest BCUT2D eigenvalue weighted by Gasteiger charge is -2.34. The number of anilines is 1. The molecule has 1 aliphatic heterocycles. The number of nitrogens with two attached hydrogens (primary N) is 1. The van der Waals surface area contributed by atoms with Crippen molar-refractivity contribution < 1.29 is 8.42 Å². The highest BCUT2D eigenvalue weighted by Crippen LogP contribution is 2.30. The summed E-state index contributed by atoms with van der Waals surface area (Å²) in [6, 6.07) is 1.83. The van der Waals surface area contributed by atoms with E-state index in [4.69, 9.17) is 17.3 Å². The predicted octanol–water partition coefficient (Wildman–Crippen LogP) is 1.07. The van der Waals surface area contributed by atoms with Gasteiger partial charge in [0.05, 0.1) is 27.7 Å². The SMILES string of the molecule is CC1CN(c2c(CN)cc(Cl)c3cncn23)CCS1(=O)=O. The number of fused-ring (bicyclic) bond motifs is 1. The number of hydrogen-bond donors (Lipinski definition) is 1. The van der Waals surface area contributed by atoms with Gasteiger partial charge in [-0.15, -0.1) is 0 Å². The third kappa shape index (κ3) is 2.39. The summed E-state index contributed by atoms with van der Waals surface area (Å²) >= 11 is 6.24. The van der Waals surface area contributed by atoms with E-state index in [1.165, 1.54) is 0 Å². The van der Waals surface area contributed by atoms with Gasteiger partial charge in [0.25, 0.3) is 0 Å². The average Bonchev–Trinajstić information content (AvgIpc) is 2.92. The van der Waals surface area contributed by atoms with E-state index in [1.807, 2.05) is 10.5 Å².